The minimum Gasteiger partial charge on any atom is -0.385 e. The van der Waals surface area contributed by atoms with Gasteiger partial charge in [0.25, 0.3) is 0 Å². The molecule has 138 valence electrons. The molecule has 25 heavy (non-hydrogen) atoms. The van der Waals surface area contributed by atoms with Crippen molar-refractivity contribution in [2.24, 2.45) is 10.4 Å². The molecule has 2 aliphatic rings. The van der Waals surface area contributed by atoms with Crippen LogP contribution in [0.15, 0.2) is 29.3 Å². The fourth-order valence-electron chi connectivity index (χ4n) is 4.06. The van der Waals surface area contributed by atoms with E-state index >= 15 is 0 Å². The van der Waals surface area contributed by atoms with E-state index < -0.39 is 0 Å². The zero-order valence-electron chi connectivity index (χ0n) is 15.4. The van der Waals surface area contributed by atoms with Gasteiger partial charge in [-0.3, -0.25) is 4.99 Å². The van der Waals surface area contributed by atoms with E-state index in [1.54, 1.807) is 7.11 Å². The average molecular weight is 364 g/mol. The monoisotopic (exact) mass is 363 g/mol. The van der Waals surface area contributed by atoms with Gasteiger partial charge in [-0.2, -0.15) is 0 Å². The second-order valence-electron chi connectivity index (χ2n) is 7.52. The fraction of sp³-hybridized carbons (Fsp3) is 0.650. The Hall–Kier alpha value is -1.26. The van der Waals surface area contributed by atoms with Gasteiger partial charge in [0.15, 0.2) is 5.96 Å². The fourth-order valence-corrected chi connectivity index (χ4v) is 4.26. The molecule has 1 aromatic rings. The van der Waals surface area contributed by atoms with Crippen LogP contribution < -0.4 is 10.6 Å². The molecule has 0 aromatic heterocycles. The Bertz CT molecular complexity index is 598. The maximum absolute atomic E-state index is 6.11. The zero-order chi connectivity index (χ0) is 17.7. The Morgan fingerprint density at radius 1 is 1.36 bits per heavy atom. The van der Waals surface area contributed by atoms with Crippen molar-refractivity contribution >= 4 is 17.6 Å². The van der Waals surface area contributed by atoms with E-state index in [2.05, 4.69) is 27.8 Å². The third kappa shape index (κ3) is 4.89. The van der Waals surface area contributed by atoms with Crippen LogP contribution in [0.2, 0.25) is 5.02 Å². The van der Waals surface area contributed by atoms with E-state index in [-0.39, 0.29) is 0 Å². The molecular weight excluding hydrogens is 334 g/mol. The minimum atomic E-state index is 0.365. The number of benzene rings is 1. The zero-order valence-corrected chi connectivity index (χ0v) is 16.1. The molecule has 2 aliphatic carbocycles. The van der Waals surface area contributed by atoms with Crippen molar-refractivity contribution in [2.75, 3.05) is 27.3 Å². The lowest BCUT2D eigenvalue weighted by atomic mass is 9.83. The maximum Gasteiger partial charge on any atom is 0.191 e. The van der Waals surface area contributed by atoms with Crippen LogP contribution in [0.1, 0.15) is 50.0 Å². The van der Waals surface area contributed by atoms with Crippen molar-refractivity contribution < 1.29 is 4.74 Å². The Morgan fingerprint density at radius 3 is 2.84 bits per heavy atom. The van der Waals surface area contributed by atoms with Crippen molar-refractivity contribution in [1.82, 2.24) is 10.6 Å². The third-order valence-corrected chi connectivity index (χ3v) is 5.98. The predicted molar refractivity (Wildman–Crippen MR) is 104 cm³/mol. The summed E-state index contributed by atoms with van der Waals surface area (Å²) in [4.78, 5) is 4.42. The standard InChI is InChI=1S/C20H30ClN3O/c1-22-19(23-14-20(10-11-25-2)8-3-4-9-20)24-18-13-17(18)15-6-5-7-16(21)12-15/h5-7,12,17-18H,3-4,8-11,13-14H2,1-2H3,(H2,22,23,24). The third-order valence-electron chi connectivity index (χ3n) is 5.74. The largest absolute Gasteiger partial charge is 0.385 e. The predicted octanol–water partition coefficient (Wildman–Crippen LogP) is 3.96. The topological polar surface area (TPSA) is 45.7 Å². The van der Waals surface area contributed by atoms with Crippen molar-refractivity contribution in [2.45, 2.75) is 50.5 Å². The van der Waals surface area contributed by atoms with E-state index in [1.165, 1.54) is 31.2 Å². The number of nitrogens with one attached hydrogen (secondary N) is 2. The van der Waals surface area contributed by atoms with E-state index in [1.807, 2.05) is 19.2 Å². The number of methoxy groups -OCH3 is 1. The number of aliphatic imine (C=N–C) groups is 1. The van der Waals surface area contributed by atoms with Crippen LogP contribution in [0.25, 0.3) is 0 Å². The first-order chi connectivity index (χ1) is 12.2. The van der Waals surface area contributed by atoms with Crippen molar-refractivity contribution in [3.63, 3.8) is 0 Å². The quantitative estimate of drug-likeness (QED) is 0.569. The molecule has 0 aliphatic heterocycles. The summed E-state index contributed by atoms with van der Waals surface area (Å²) in [5.41, 5.74) is 1.68. The Labute approximate surface area is 156 Å². The number of hydrogen-bond acceptors (Lipinski definition) is 2. The summed E-state index contributed by atoms with van der Waals surface area (Å²) in [7, 11) is 3.64. The van der Waals surface area contributed by atoms with E-state index in [4.69, 9.17) is 16.3 Å². The van der Waals surface area contributed by atoms with Crippen LogP contribution in [0.4, 0.5) is 0 Å². The maximum atomic E-state index is 6.11. The molecule has 2 unspecified atom stereocenters. The summed E-state index contributed by atoms with van der Waals surface area (Å²) in [6, 6.07) is 8.63. The summed E-state index contributed by atoms with van der Waals surface area (Å²) in [6.07, 6.45) is 7.50. The lowest BCUT2D eigenvalue weighted by Gasteiger charge is -2.30. The molecule has 0 saturated heterocycles. The highest BCUT2D eigenvalue weighted by atomic mass is 35.5. The number of hydrogen-bond donors (Lipinski definition) is 2. The van der Waals surface area contributed by atoms with Crippen LogP contribution in [0, 0.1) is 5.41 Å². The lowest BCUT2D eigenvalue weighted by molar-refractivity contribution is 0.138. The number of guanidine groups is 1. The smallest absolute Gasteiger partial charge is 0.191 e. The van der Waals surface area contributed by atoms with Crippen LogP contribution in [-0.4, -0.2) is 39.3 Å². The second kappa shape index (κ2) is 8.41. The van der Waals surface area contributed by atoms with Gasteiger partial charge in [0, 0.05) is 44.3 Å². The Morgan fingerprint density at radius 2 is 2.16 bits per heavy atom. The first kappa shape index (κ1) is 18.5. The summed E-state index contributed by atoms with van der Waals surface area (Å²) >= 11 is 6.11. The molecular formula is C20H30ClN3O. The van der Waals surface area contributed by atoms with Gasteiger partial charge < -0.3 is 15.4 Å². The van der Waals surface area contributed by atoms with Gasteiger partial charge in [0.2, 0.25) is 0 Å². The highest BCUT2D eigenvalue weighted by Crippen LogP contribution is 2.42. The highest BCUT2D eigenvalue weighted by molar-refractivity contribution is 6.30. The molecule has 0 heterocycles. The molecule has 5 heteroatoms. The Kier molecular flexibility index (Phi) is 6.24. The van der Waals surface area contributed by atoms with Gasteiger partial charge >= 0.3 is 0 Å². The number of ether oxygens (including phenoxy) is 1. The van der Waals surface area contributed by atoms with Gasteiger partial charge in [-0.25, -0.2) is 0 Å². The van der Waals surface area contributed by atoms with Gasteiger partial charge in [-0.15, -0.1) is 0 Å². The Balaban J connectivity index is 1.50. The van der Waals surface area contributed by atoms with Crippen LogP contribution in [0.3, 0.4) is 0 Å². The van der Waals surface area contributed by atoms with Crippen LogP contribution in [0.5, 0.6) is 0 Å². The van der Waals surface area contributed by atoms with E-state index in [0.717, 1.165) is 37.0 Å². The number of halogens is 1. The van der Waals surface area contributed by atoms with Crippen LogP contribution >= 0.6 is 11.6 Å². The SMILES string of the molecule is CN=C(NCC1(CCOC)CCCC1)NC1CC1c1cccc(Cl)c1. The van der Waals surface area contributed by atoms with E-state index in [9.17, 15) is 0 Å². The molecule has 0 amide bonds. The van der Waals surface area contributed by atoms with Gasteiger partial charge in [0.05, 0.1) is 0 Å². The van der Waals surface area contributed by atoms with Gasteiger partial charge in [0.1, 0.15) is 0 Å². The molecule has 0 spiro atoms. The second-order valence-corrected chi connectivity index (χ2v) is 7.96. The van der Waals surface area contributed by atoms with Crippen molar-refractivity contribution in [3.8, 4) is 0 Å². The first-order valence-electron chi connectivity index (χ1n) is 9.37. The number of rotatable bonds is 7. The molecule has 2 atom stereocenters. The number of nitrogens with zero attached hydrogens (tertiary/aromatic N) is 1. The highest BCUT2D eigenvalue weighted by Gasteiger charge is 2.39. The lowest BCUT2D eigenvalue weighted by Crippen LogP contribution is -2.44. The average Bonchev–Trinajstić information content (AvgIpc) is 3.24. The van der Waals surface area contributed by atoms with Gasteiger partial charge in [-0.1, -0.05) is 36.6 Å². The van der Waals surface area contributed by atoms with E-state index in [0.29, 0.717) is 17.4 Å². The summed E-state index contributed by atoms with van der Waals surface area (Å²) < 4.78 is 5.32. The molecule has 2 N–H and O–H groups in total. The van der Waals surface area contributed by atoms with Crippen molar-refractivity contribution in [1.29, 1.82) is 0 Å². The molecule has 1 aromatic carbocycles. The first-order valence-corrected chi connectivity index (χ1v) is 9.75. The summed E-state index contributed by atoms with van der Waals surface area (Å²) in [5.74, 6) is 1.45. The summed E-state index contributed by atoms with van der Waals surface area (Å²) in [6.45, 7) is 1.82. The molecule has 0 radical (unpaired) electrons. The molecule has 2 fully saturated rings. The van der Waals surface area contributed by atoms with Crippen LogP contribution in [-0.2, 0) is 4.74 Å². The molecule has 0 bridgehead atoms. The summed E-state index contributed by atoms with van der Waals surface area (Å²) in [5, 5.41) is 7.96. The van der Waals surface area contributed by atoms with Crippen molar-refractivity contribution in [3.05, 3.63) is 34.9 Å². The molecule has 3 rings (SSSR count). The molecule has 2 saturated carbocycles. The molecule has 4 nitrogen and oxygen atoms in total. The normalized spacial score (nSPS) is 25.0. The van der Waals surface area contributed by atoms with Gasteiger partial charge in [-0.05, 0) is 48.8 Å². The minimum absolute atomic E-state index is 0.365.